The van der Waals surface area contributed by atoms with Gasteiger partial charge in [0.1, 0.15) is 5.65 Å². The molecule has 16 heavy (non-hydrogen) atoms. The van der Waals surface area contributed by atoms with Crippen molar-refractivity contribution >= 4 is 23.0 Å². The Morgan fingerprint density at radius 3 is 3.25 bits per heavy atom. The van der Waals surface area contributed by atoms with E-state index in [0.29, 0.717) is 11.7 Å². The number of fused-ring (bicyclic) bond motifs is 1. The Kier molecular flexibility index (Phi) is 2.98. The molecule has 2 N–H and O–H groups in total. The van der Waals surface area contributed by atoms with E-state index < -0.39 is 0 Å². The summed E-state index contributed by atoms with van der Waals surface area (Å²) < 4.78 is 1.93. The average Bonchev–Trinajstić information content (AvgIpc) is 2.74. The van der Waals surface area contributed by atoms with Crippen LogP contribution in [-0.2, 0) is 6.54 Å². The van der Waals surface area contributed by atoms with Crippen molar-refractivity contribution in [3.63, 3.8) is 0 Å². The van der Waals surface area contributed by atoms with E-state index in [1.54, 1.807) is 12.4 Å². The van der Waals surface area contributed by atoms with E-state index >= 15 is 0 Å². The summed E-state index contributed by atoms with van der Waals surface area (Å²) in [6.07, 6.45) is 7.32. The Balaban J connectivity index is 2.04. The number of imidazole rings is 1. The Hall–Kier alpha value is -2.13. The molecule has 0 aromatic carbocycles. The molecule has 0 radical (unpaired) electrons. The third-order valence-electron chi connectivity index (χ3n) is 2.08. The largest absolute Gasteiger partial charge is 0.358 e. The number of thiocarbonyl (C=S) groups is 1. The van der Waals surface area contributed by atoms with Gasteiger partial charge in [0.2, 0.25) is 0 Å². The van der Waals surface area contributed by atoms with Gasteiger partial charge >= 0.3 is 0 Å². The van der Waals surface area contributed by atoms with E-state index in [1.165, 1.54) is 0 Å². The Labute approximate surface area is 97.7 Å². The zero-order valence-electron chi connectivity index (χ0n) is 8.34. The third kappa shape index (κ3) is 2.27. The molecule has 0 spiro atoms. The lowest BCUT2D eigenvalue weighted by Crippen LogP contribution is -2.31. The van der Waals surface area contributed by atoms with Gasteiger partial charge in [-0.2, -0.15) is 5.26 Å². The lowest BCUT2D eigenvalue weighted by molar-refractivity contribution is 0.898. The van der Waals surface area contributed by atoms with Gasteiger partial charge in [-0.15, -0.1) is 0 Å². The van der Waals surface area contributed by atoms with Crippen LogP contribution in [0.15, 0.2) is 30.7 Å². The van der Waals surface area contributed by atoms with Gasteiger partial charge in [-0.05, 0) is 29.9 Å². The minimum atomic E-state index is 0.325. The van der Waals surface area contributed by atoms with E-state index in [2.05, 4.69) is 15.6 Å². The minimum Gasteiger partial charge on any atom is -0.358 e. The smallest absolute Gasteiger partial charge is 0.183 e. The van der Waals surface area contributed by atoms with Crippen LogP contribution in [0.2, 0.25) is 0 Å². The van der Waals surface area contributed by atoms with Crippen LogP contribution in [0, 0.1) is 11.5 Å². The molecule has 0 unspecified atom stereocenters. The predicted molar refractivity (Wildman–Crippen MR) is 63.4 cm³/mol. The molecule has 0 aliphatic carbocycles. The molecule has 0 atom stereocenters. The first-order valence-corrected chi connectivity index (χ1v) is 5.05. The number of rotatable bonds is 2. The zero-order chi connectivity index (χ0) is 11.4. The SMILES string of the molecule is N#CNC(=S)NCc1ccn2ccnc2c1. The molecule has 0 aliphatic rings. The maximum Gasteiger partial charge on any atom is 0.183 e. The highest BCUT2D eigenvalue weighted by Gasteiger charge is 1.98. The predicted octanol–water partition coefficient (Wildman–Crippen LogP) is 0.779. The van der Waals surface area contributed by atoms with E-state index in [0.717, 1.165) is 11.2 Å². The van der Waals surface area contributed by atoms with Crippen LogP contribution >= 0.6 is 12.2 Å². The van der Waals surface area contributed by atoms with E-state index in [4.69, 9.17) is 17.5 Å². The molecule has 0 saturated carbocycles. The van der Waals surface area contributed by atoms with E-state index in [-0.39, 0.29) is 0 Å². The molecule has 6 heteroatoms. The van der Waals surface area contributed by atoms with Crippen LogP contribution in [0.4, 0.5) is 0 Å². The van der Waals surface area contributed by atoms with Crippen molar-refractivity contribution in [1.82, 2.24) is 20.0 Å². The van der Waals surface area contributed by atoms with Crippen LogP contribution in [0.5, 0.6) is 0 Å². The van der Waals surface area contributed by atoms with E-state index in [9.17, 15) is 0 Å². The van der Waals surface area contributed by atoms with Gasteiger partial charge in [0.05, 0.1) is 0 Å². The van der Waals surface area contributed by atoms with Crippen molar-refractivity contribution in [1.29, 1.82) is 5.26 Å². The lowest BCUT2D eigenvalue weighted by Gasteiger charge is -2.05. The number of nitrogens with one attached hydrogen (secondary N) is 2. The average molecular weight is 231 g/mol. The fourth-order valence-corrected chi connectivity index (χ4v) is 1.46. The van der Waals surface area contributed by atoms with Crippen LogP contribution in [0.1, 0.15) is 5.56 Å². The van der Waals surface area contributed by atoms with Gasteiger partial charge in [0.25, 0.3) is 0 Å². The van der Waals surface area contributed by atoms with Crippen molar-refractivity contribution in [3.8, 4) is 6.19 Å². The number of nitrogens with zero attached hydrogens (tertiary/aromatic N) is 3. The van der Waals surface area contributed by atoms with Crippen molar-refractivity contribution in [3.05, 3.63) is 36.3 Å². The van der Waals surface area contributed by atoms with Gasteiger partial charge in [-0.25, -0.2) is 4.98 Å². The first-order chi connectivity index (χ1) is 7.79. The first-order valence-electron chi connectivity index (χ1n) is 4.64. The quantitative estimate of drug-likeness (QED) is 0.454. The van der Waals surface area contributed by atoms with Crippen molar-refractivity contribution in [2.75, 3.05) is 0 Å². The molecule has 80 valence electrons. The fraction of sp³-hybridized carbons (Fsp3) is 0.100. The molecule has 0 fully saturated rings. The molecule has 2 rings (SSSR count). The summed E-state index contributed by atoms with van der Waals surface area (Å²) in [5, 5.41) is 13.9. The molecule has 0 aliphatic heterocycles. The Morgan fingerprint density at radius 2 is 2.44 bits per heavy atom. The number of hydrogen-bond acceptors (Lipinski definition) is 3. The maximum absolute atomic E-state index is 8.35. The second-order valence-electron chi connectivity index (χ2n) is 3.15. The lowest BCUT2D eigenvalue weighted by atomic mass is 10.2. The molecular weight excluding hydrogens is 222 g/mol. The zero-order valence-corrected chi connectivity index (χ0v) is 9.16. The van der Waals surface area contributed by atoms with Crippen molar-refractivity contribution < 1.29 is 0 Å². The van der Waals surface area contributed by atoms with Crippen molar-refractivity contribution in [2.24, 2.45) is 0 Å². The normalized spacial score (nSPS) is 9.69. The summed E-state index contributed by atoms with van der Waals surface area (Å²) in [6, 6.07) is 3.93. The van der Waals surface area contributed by atoms with Gasteiger partial charge in [0, 0.05) is 25.1 Å². The summed E-state index contributed by atoms with van der Waals surface area (Å²) in [4.78, 5) is 4.18. The van der Waals surface area contributed by atoms with Gasteiger partial charge in [-0.3, -0.25) is 5.32 Å². The van der Waals surface area contributed by atoms with Gasteiger partial charge in [0.15, 0.2) is 11.3 Å². The summed E-state index contributed by atoms with van der Waals surface area (Å²) in [5.41, 5.74) is 1.94. The van der Waals surface area contributed by atoms with Crippen LogP contribution < -0.4 is 10.6 Å². The topological polar surface area (TPSA) is 65.2 Å². The first kappa shape index (κ1) is 10.4. The number of pyridine rings is 1. The van der Waals surface area contributed by atoms with Gasteiger partial charge in [-0.1, -0.05) is 0 Å². The monoisotopic (exact) mass is 231 g/mol. The Morgan fingerprint density at radius 1 is 1.56 bits per heavy atom. The molecular formula is C10H9N5S. The maximum atomic E-state index is 8.35. The van der Waals surface area contributed by atoms with Crippen LogP contribution in [-0.4, -0.2) is 14.5 Å². The van der Waals surface area contributed by atoms with Crippen molar-refractivity contribution in [2.45, 2.75) is 6.54 Å². The fourth-order valence-electron chi connectivity index (χ4n) is 1.34. The second-order valence-corrected chi connectivity index (χ2v) is 3.56. The molecule has 5 nitrogen and oxygen atoms in total. The summed E-state index contributed by atoms with van der Waals surface area (Å²) in [7, 11) is 0. The van der Waals surface area contributed by atoms with Crippen LogP contribution in [0.25, 0.3) is 5.65 Å². The summed E-state index contributed by atoms with van der Waals surface area (Å²) >= 11 is 4.87. The molecule has 0 saturated heterocycles. The molecule has 0 bridgehead atoms. The highest BCUT2D eigenvalue weighted by molar-refractivity contribution is 7.80. The standard InChI is InChI=1S/C10H9N5S/c11-7-14-10(16)13-6-8-1-3-15-4-2-12-9(15)5-8/h1-5H,6H2,(H2,13,14,16). The van der Waals surface area contributed by atoms with E-state index in [1.807, 2.05) is 28.9 Å². The second kappa shape index (κ2) is 4.59. The molecule has 2 aromatic heterocycles. The third-order valence-corrected chi connectivity index (χ3v) is 2.33. The number of hydrogen-bond donors (Lipinski definition) is 2. The number of nitriles is 1. The highest BCUT2D eigenvalue weighted by Crippen LogP contribution is 2.04. The highest BCUT2D eigenvalue weighted by atomic mass is 32.1. The van der Waals surface area contributed by atoms with Crippen LogP contribution in [0.3, 0.4) is 0 Å². The number of aromatic nitrogens is 2. The molecule has 2 heterocycles. The van der Waals surface area contributed by atoms with Gasteiger partial charge < -0.3 is 9.72 Å². The molecule has 0 amide bonds. The Bertz CT molecular complexity index is 554. The minimum absolute atomic E-state index is 0.325. The summed E-state index contributed by atoms with van der Waals surface area (Å²) in [5.74, 6) is 0. The molecule has 2 aromatic rings. The summed E-state index contributed by atoms with van der Waals surface area (Å²) in [6.45, 7) is 0.566.